The van der Waals surface area contributed by atoms with Crippen LogP contribution >= 0.6 is 0 Å². The second kappa shape index (κ2) is 10.3. The third-order valence-corrected chi connectivity index (χ3v) is 4.64. The number of alkyl halides is 3. The quantitative estimate of drug-likeness (QED) is 0.601. The molecule has 162 valence electrons. The summed E-state index contributed by atoms with van der Waals surface area (Å²) >= 11 is 0. The Morgan fingerprint density at radius 2 is 1.69 bits per heavy atom. The normalized spacial score (nSPS) is 15.1. The van der Waals surface area contributed by atoms with Gasteiger partial charge < -0.3 is 19.1 Å². The zero-order valence-electron chi connectivity index (χ0n) is 16.5. The smallest absolute Gasteiger partial charge is 0.471 e. The van der Waals surface area contributed by atoms with Crippen LogP contribution in [-0.4, -0.2) is 81.4 Å². The second-order valence-corrected chi connectivity index (χ2v) is 6.54. The number of nitrogens with zero attached hydrogens (tertiary/aromatic N) is 2. The van der Waals surface area contributed by atoms with E-state index in [-0.39, 0.29) is 32.1 Å². The van der Waals surface area contributed by atoms with Crippen molar-refractivity contribution in [3.05, 3.63) is 23.8 Å². The van der Waals surface area contributed by atoms with Gasteiger partial charge in [-0.2, -0.15) is 13.2 Å². The highest BCUT2D eigenvalue weighted by Crippen LogP contribution is 2.28. The van der Waals surface area contributed by atoms with Crippen LogP contribution < -0.4 is 9.47 Å². The highest BCUT2D eigenvalue weighted by molar-refractivity contribution is 5.81. The van der Waals surface area contributed by atoms with Gasteiger partial charge in [-0.15, -0.1) is 0 Å². The van der Waals surface area contributed by atoms with Crippen molar-refractivity contribution in [1.29, 1.82) is 0 Å². The van der Waals surface area contributed by atoms with E-state index in [1.54, 1.807) is 19.2 Å². The van der Waals surface area contributed by atoms with Crippen molar-refractivity contribution >= 4 is 11.9 Å². The molecule has 1 aliphatic heterocycles. The minimum absolute atomic E-state index is 0.00555. The van der Waals surface area contributed by atoms with Crippen LogP contribution in [0, 0.1) is 0 Å². The van der Waals surface area contributed by atoms with E-state index in [0.717, 1.165) is 10.5 Å². The van der Waals surface area contributed by atoms with Crippen LogP contribution in [0.2, 0.25) is 0 Å². The first-order valence-electron chi connectivity index (χ1n) is 9.19. The summed E-state index contributed by atoms with van der Waals surface area (Å²) in [5.41, 5.74) is 0.907. The molecule has 7 nitrogen and oxygen atoms in total. The van der Waals surface area contributed by atoms with Crippen molar-refractivity contribution in [1.82, 2.24) is 9.80 Å². The SMILES string of the molecule is COc1ccc(CCC(=O)OCCN2CCN(C(=O)C(F)(F)F)CC2)cc1OC. The molecule has 1 saturated heterocycles. The number of amides is 1. The highest BCUT2D eigenvalue weighted by atomic mass is 19.4. The van der Waals surface area contributed by atoms with E-state index in [2.05, 4.69) is 0 Å². The topological polar surface area (TPSA) is 68.3 Å². The average molecular weight is 418 g/mol. The monoisotopic (exact) mass is 418 g/mol. The van der Waals surface area contributed by atoms with E-state index in [1.165, 1.54) is 7.11 Å². The molecule has 0 atom stereocenters. The van der Waals surface area contributed by atoms with E-state index in [9.17, 15) is 22.8 Å². The number of ether oxygens (including phenoxy) is 3. The Kier molecular flexibility index (Phi) is 8.12. The van der Waals surface area contributed by atoms with Crippen LogP contribution in [0.25, 0.3) is 0 Å². The minimum atomic E-state index is -4.84. The summed E-state index contributed by atoms with van der Waals surface area (Å²) in [6.07, 6.45) is -4.16. The Hall–Kier alpha value is -2.49. The fourth-order valence-electron chi connectivity index (χ4n) is 3.00. The van der Waals surface area contributed by atoms with Gasteiger partial charge in [0.2, 0.25) is 0 Å². The molecular formula is C19H25F3N2O5. The number of hydrogen-bond acceptors (Lipinski definition) is 6. The molecular weight excluding hydrogens is 393 g/mol. The molecule has 0 spiro atoms. The van der Waals surface area contributed by atoms with Crippen molar-refractivity contribution in [2.24, 2.45) is 0 Å². The van der Waals surface area contributed by atoms with Gasteiger partial charge in [0.1, 0.15) is 6.61 Å². The number of hydrogen-bond donors (Lipinski definition) is 0. The fourth-order valence-corrected chi connectivity index (χ4v) is 3.00. The molecule has 2 rings (SSSR count). The number of rotatable bonds is 8. The highest BCUT2D eigenvalue weighted by Gasteiger charge is 2.43. The van der Waals surface area contributed by atoms with Gasteiger partial charge in [0.15, 0.2) is 11.5 Å². The largest absolute Gasteiger partial charge is 0.493 e. The predicted octanol–water partition coefficient (Wildman–Crippen LogP) is 1.89. The lowest BCUT2D eigenvalue weighted by molar-refractivity contribution is -0.187. The molecule has 1 aliphatic rings. The molecule has 0 bridgehead atoms. The van der Waals surface area contributed by atoms with Crippen LogP contribution in [-0.2, 0) is 20.7 Å². The van der Waals surface area contributed by atoms with E-state index in [1.807, 2.05) is 11.0 Å². The molecule has 0 aromatic heterocycles. The van der Waals surface area contributed by atoms with Gasteiger partial charge in [-0.3, -0.25) is 14.5 Å². The third kappa shape index (κ3) is 6.81. The lowest BCUT2D eigenvalue weighted by Gasteiger charge is -2.34. The van der Waals surface area contributed by atoms with Gasteiger partial charge in [-0.05, 0) is 24.1 Å². The minimum Gasteiger partial charge on any atom is -0.493 e. The molecule has 1 amide bonds. The summed E-state index contributed by atoms with van der Waals surface area (Å²) in [5, 5.41) is 0. The first-order valence-corrected chi connectivity index (χ1v) is 9.19. The molecule has 1 aromatic rings. The van der Waals surface area contributed by atoms with Crippen molar-refractivity contribution in [3.63, 3.8) is 0 Å². The third-order valence-electron chi connectivity index (χ3n) is 4.64. The van der Waals surface area contributed by atoms with E-state index >= 15 is 0 Å². The number of carbonyl (C=O) groups is 2. The Morgan fingerprint density at radius 1 is 1.03 bits per heavy atom. The van der Waals surface area contributed by atoms with Crippen LogP contribution in [0.4, 0.5) is 13.2 Å². The van der Waals surface area contributed by atoms with Gasteiger partial charge in [-0.25, -0.2) is 0 Å². The lowest BCUT2D eigenvalue weighted by atomic mass is 10.1. The van der Waals surface area contributed by atoms with Gasteiger partial charge >= 0.3 is 18.1 Å². The van der Waals surface area contributed by atoms with Gasteiger partial charge in [-0.1, -0.05) is 6.07 Å². The molecule has 0 unspecified atom stereocenters. The van der Waals surface area contributed by atoms with Gasteiger partial charge in [0.25, 0.3) is 0 Å². The van der Waals surface area contributed by atoms with Crippen LogP contribution in [0.1, 0.15) is 12.0 Å². The molecule has 0 radical (unpaired) electrons. The number of benzene rings is 1. The first kappa shape index (κ1) is 22.8. The van der Waals surface area contributed by atoms with Crippen LogP contribution in [0.15, 0.2) is 18.2 Å². The fraction of sp³-hybridized carbons (Fsp3) is 0.579. The number of piperazine rings is 1. The summed E-state index contributed by atoms with van der Waals surface area (Å²) in [6.45, 7) is 1.20. The molecule has 1 heterocycles. The summed E-state index contributed by atoms with van der Waals surface area (Å²) in [4.78, 5) is 25.8. The zero-order chi connectivity index (χ0) is 21.4. The standard InChI is InChI=1S/C19H25F3N2O5/c1-27-15-5-3-14(13-16(15)28-2)4-6-17(25)29-12-11-23-7-9-24(10-8-23)18(26)19(20,21)22/h3,5,13H,4,6-12H2,1-2H3. The van der Waals surface area contributed by atoms with Gasteiger partial charge in [0.05, 0.1) is 14.2 Å². The Labute approximate surface area is 167 Å². The van der Waals surface area contributed by atoms with Crippen molar-refractivity contribution in [2.75, 3.05) is 53.6 Å². The molecule has 1 fully saturated rings. The average Bonchev–Trinajstić information content (AvgIpc) is 2.71. The number of halogens is 3. The zero-order valence-corrected chi connectivity index (χ0v) is 16.5. The van der Waals surface area contributed by atoms with Gasteiger partial charge in [0, 0.05) is 39.1 Å². The molecule has 0 N–H and O–H groups in total. The Morgan fingerprint density at radius 3 is 2.28 bits per heavy atom. The Balaban J connectivity index is 1.66. The summed E-state index contributed by atoms with van der Waals surface area (Å²) in [5.74, 6) is -0.971. The van der Waals surface area contributed by atoms with E-state index < -0.39 is 12.1 Å². The predicted molar refractivity (Wildman–Crippen MR) is 97.9 cm³/mol. The number of methoxy groups -OCH3 is 2. The number of esters is 1. The van der Waals surface area contributed by atoms with Crippen LogP contribution in [0.3, 0.4) is 0 Å². The van der Waals surface area contributed by atoms with E-state index in [4.69, 9.17) is 14.2 Å². The maximum absolute atomic E-state index is 12.4. The molecule has 1 aromatic carbocycles. The molecule has 29 heavy (non-hydrogen) atoms. The van der Waals surface area contributed by atoms with Crippen molar-refractivity contribution in [3.8, 4) is 11.5 Å². The molecule has 10 heteroatoms. The summed E-state index contributed by atoms with van der Waals surface area (Å²) in [6, 6.07) is 5.41. The Bertz CT molecular complexity index is 704. The summed E-state index contributed by atoms with van der Waals surface area (Å²) in [7, 11) is 3.08. The van der Waals surface area contributed by atoms with E-state index in [0.29, 0.717) is 37.6 Å². The van der Waals surface area contributed by atoms with Crippen LogP contribution in [0.5, 0.6) is 11.5 Å². The summed E-state index contributed by atoms with van der Waals surface area (Å²) < 4.78 is 52.9. The molecule has 0 saturated carbocycles. The van der Waals surface area contributed by atoms with Crippen molar-refractivity contribution < 1.29 is 37.0 Å². The first-order chi connectivity index (χ1) is 13.7. The van der Waals surface area contributed by atoms with Crippen molar-refractivity contribution in [2.45, 2.75) is 19.0 Å². The number of carbonyl (C=O) groups excluding carboxylic acids is 2. The maximum atomic E-state index is 12.4. The lowest BCUT2D eigenvalue weighted by Crippen LogP contribution is -2.52. The molecule has 0 aliphatic carbocycles. The maximum Gasteiger partial charge on any atom is 0.471 e. The number of aryl methyl sites for hydroxylation is 1. The second-order valence-electron chi connectivity index (χ2n) is 6.54.